The predicted molar refractivity (Wildman–Crippen MR) is 87.1 cm³/mol. The zero-order valence-corrected chi connectivity index (χ0v) is 13.8. The lowest BCUT2D eigenvalue weighted by molar-refractivity contribution is 0.206. The van der Waals surface area contributed by atoms with E-state index in [2.05, 4.69) is 41.0 Å². The van der Waals surface area contributed by atoms with Gasteiger partial charge >= 0.3 is 0 Å². The van der Waals surface area contributed by atoms with Crippen LogP contribution in [0.1, 0.15) is 18.9 Å². The van der Waals surface area contributed by atoms with Gasteiger partial charge in [0, 0.05) is 38.5 Å². The highest BCUT2D eigenvalue weighted by molar-refractivity contribution is 7.90. The third-order valence-corrected chi connectivity index (χ3v) is 5.12. The van der Waals surface area contributed by atoms with Gasteiger partial charge in [0.2, 0.25) is 0 Å². The van der Waals surface area contributed by atoms with Crippen molar-refractivity contribution in [3.63, 3.8) is 0 Å². The lowest BCUT2D eigenvalue weighted by Crippen LogP contribution is -2.35. The fourth-order valence-electron chi connectivity index (χ4n) is 2.73. The van der Waals surface area contributed by atoms with E-state index in [0.29, 0.717) is 12.6 Å². The molecule has 4 nitrogen and oxygen atoms in total. The summed E-state index contributed by atoms with van der Waals surface area (Å²) in [5.74, 6) is 0.264. The van der Waals surface area contributed by atoms with Crippen LogP contribution in [0.5, 0.6) is 0 Å². The van der Waals surface area contributed by atoms with Crippen molar-refractivity contribution >= 4 is 9.84 Å². The molecule has 1 aliphatic rings. The van der Waals surface area contributed by atoms with Gasteiger partial charge in [-0.3, -0.25) is 4.90 Å². The third-order valence-electron chi connectivity index (χ3n) is 4.20. The van der Waals surface area contributed by atoms with Crippen molar-refractivity contribution in [3.8, 4) is 0 Å². The normalized spacial score (nSPS) is 22.1. The van der Waals surface area contributed by atoms with Crippen LogP contribution in [0, 0.1) is 0 Å². The van der Waals surface area contributed by atoms with E-state index in [1.54, 1.807) is 0 Å². The average Bonchev–Trinajstić information content (AvgIpc) is 2.60. The Morgan fingerprint density at radius 1 is 1.14 bits per heavy atom. The molecule has 2 rings (SSSR count). The molecule has 0 bridgehead atoms. The minimum absolute atomic E-state index is 0.264. The summed E-state index contributed by atoms with van der Waals surface area (Å²) in [5.41, 5.74) is 1.34. The number of rotatable bonds is 5. The van der Waals surface area contributed by atoms with Crippen LogP contribution >= 0.6 is 0 Å². The number of sulfone groups is 1. The van der Waals surface area contributed by atoms with Gasteiger partial charge in [0.25, 0.3) is 0 Å². The lowest BCUT2D eigenvalue weighted by atomic mass is 10.1. The molecule has 1 heterocycles. The zero-order valence-electron chi connectivity index (χ0n) is 13.0. The van der Waals surface area contributed by atoms with Crippen molar-refractivity contribution in [2.24, 2.45) is 0 Å². The smallest absolute Gasteiger partial charge is 0.148 e. The van der Waals surface area contributed by atoms with Crippen LogP contribution in [0.15, 0.2) is 30.3 Å². The summed E-state index contributed by atoms with van der Waals surface area (Å²) >= 11 is 0. The van der Waals surface area contributed by atoms with Gasteiger partial charge in [0.1, 0.15) is 9.84 Å². The van der Waals surface area contributed by atoms with Crippen LogP contribution in [-0.2, 0) is 16.4 Å². The molecule has 1 aromatic rings. The number of hydrogen-bond acceptors (Lipinski definition) is 4. The quantitative estimate of drug-likeness (QED) is 0.829. The Morgan fingerprint density at radius 2 is 1.86 bits per heavy atom. The zero-order chi connectivity index (χ0) is 15.3. The molecule has 1 aromatic carbocycles. The molecule has 0 aromatic heterocycles. The van der Waals surface area contributed by atoms with Crippen LogP contribution in [0.2, 0.25) is 0 Å². The summed E-state index contributed by atoms with van der Waals surface area (Å²) in [4.78, 5) is 4.78. The molecular formula is C16H26N2O2S. The highest BCUT2D eigenvalue weighted by Crippen LogP contribution is 2.14. The molecule has 0 aliphatic carbocycles. The molecular weight excluding hydrogens is 284 g/mol. The van der Waals surface area contributed by atoms with Gasteiger partial charge in [-0.15, -0.1) is 0 Å². The van der Waals surface area contributed by atoms with Gasteiger partial charge < -0.3 is 4.90 Å². The van der Waals surface area contributed by atoms with Crippen molar-refractivity contribution in [2.75, 3.05) is 38.2 Å². The van der Waals surface area contributed by atoms with E-state index in [1.165, 1.54) is 11.8 Å². The Hall–Kier alpha value is -0.910. The summed E-state index contributed by atoms with van der Waals surface area (Å²) < 4.78 is 22.6. The fourth-order valence-corrected chi connectivity index (χ4v) is 3.32. The standard InChI is InChI=1S/C16H26N2O2S/c1-15-8-9-17(12-13-21(2,19)20)10-11-18(15)14-16-6-4-3-5-7-16/h3-7,15H,8-14H2,1-2H3/t15-/m1/s1. The van der Waals surface area contributed by atoms with Crippen LogP contribution in [0.4, 0.5) is 0 Å². The van der Waals surface area contributed by atoms with Crippen LogP contribution < -0.4 is 0 Å². The minimum atomic E-state index is -2.87. The van der Waals surface area contributed by atoms with Gasteiger partial charge in [0.05, 0.1) is 5.75 Å². The molecule has 0 N–H and O–H groups in total. The first kappa shape index (κ1) is 16.5. The van der Waals surface area contributed by atoms with E-state index in [9.17, 15) is 8.42 Å². The van der Waals surface area contributed by atoms with E-state index in [1.807, 2.05) is 6.07 Å². The van der Waals surface area contributed by atoms with Crippen LogP contribution in [0.25, 0.3) is 0 Å². The Labute approximate surface area is 128 Å². The molecule has 1 fully saturated rings. The van der Waals surface area contributed by atoms with Gasteiger partial charge in [-0.1, -0.05) is 30.3 Å². The Balaban J connectivity index is 1.88. The van der Waals surface area contributed by atoms with Crippen molar-refractivity contribution in [1.29, 1.82) is 0 Å². The van der Waals surface area contributed by atoms with Crippen LogP contribution in [-0.4, -0.2) is 62.4 Å². The molecule has 0 unspecified atom stereocenters. The maximum Gasteiger partial charge on any atom is 0.148 e. The van der Waals surface area contributed by atoms with Gasteiger partial charge in [0.15, 0.2) is 0 Å². The summed E-state index contributed by atoms with van der Waals surface area (Å²) in [6.45, 7) is 6.84. The van der Waals surface area contributed by atoms with Crippen molar-refractivity contribution < 1.29 is 8.42 Å². The van der Waals surface area contributed by atoms with Crippen molar-refractivity contribution in [2.45, 2.75) is 25.9 Å². The van der Waals surface area contributed by atoms with E-state index < -0.39 is 9.84 Å². The number of hydrogen-bond donors (Lipinski definition) is 0. The maximum absolute atomic E-state index is 11.3. The molecule has 0 radical (unpaired) electrons. The second-order valence-electron chi connectivity index (χ2n) is 6.07. The second kappa shape index (κ2) is 7.38. The summed E-state index contributed by atoms with van der Waals surface area (Å²) in [5, 5.41) is 0. The van der Waals surface area contributed by atoms with E-state index in [-0.39, 0.29) is 5.75 Å². The fraction of sp³-hybridized carbons (Fsp3) is 0.625. The number of benzene rings is 1. The Bertz CT molecular complexity index is 530. The Morgan fingerprint density at radius 3 is 2.52 bits per heavy atom. The maximum atomic E-state index is 11.3. The van der Waals surface area contributed by atoms with E-state index >= 15 is 0 Å². The molecule has 1 atom stereocenters. The third kappa shape index (κ3) is 5.77. The Kier molecular flexibility index (Phi) is 5.79. The molecule has 21 heavy (non-hydrogen) atoms. The highest BCUT2D eigenvalue weighted by atomic mass is 32.2. The summed E-state index contributed by atoms with van der Waals surface area (Å²) in [6.07, 6.45) is 2.41. The highest BCUT2D eigenvalue weighted by Gasteiger charge is 2.21. The monoisotopic (exact) mass is 310 g/mol. The molecule has 0 amide bonds. The van der Waals surface area contributed by atoms with E-state index in [4.69, 9.17) is 0 Å². The van der Waals surface area contributed by atoms with Gasteiger partial charge in [-0.25, -0.2) is 8.42 Å². The topological polar surface area (TPSA) is 40.6 Å². The first-order valence-corrected chi connectivity index (χ1v) is 9.68. The van der Waals surface area contributed by atoms with Crippen molar-refractivity contribution in [1.82, 2.24) is 9.80 Å². The molecule has 0 saturated carbocycles. The van der Waals surface area contributed by atoms with Gasteiger partial charge in [-0.2, -0.15) is 0 Å². The van der Waals surface area contributed by atoms with Crippen molar-refractivity contribution in [3.05, 3.63) is 35.9 Å². The predicted octanol–water partition coefficient (Wildman–Crippen LogP) is 1.63. The second-order valence-corrected chi connectivity index (χ2v) is 8.33. The van der Waals surface area contributed by atoms with Crippen LogP contribution in [0.3, 0.4) is 0 Å². The number of nitrogens with zero attached hydrogens (tertiary/aromatic N) is 2. The van der Waals surface area contributed by atoms with Gasteiger partial charge in [-0.05, 0) is 25.5 Å². The molecule has 1 aliphatic heterocycles. The molecule has 5 heteroatoms. The lowest BCUT2D eigenvalue weighted by Gasteiger charge is -2.26. The molecule has 1 saturated heterocycles. The molecule has 0 spiro atoms. The first-order chi connectivity index (χ1) is 9.94. The van der Waals surface area contributed by atoms with E-state index in [0.717, 1.165) is 32.6 Å². The summed E-state index contributed by atoms with van der Waals surface area (Å²) in [6, 6.07) is 11.1. The largest absolute Gasteiger partial charge is 0.301 e. The average molecular weight is 310 g/mol. The first-order valence-electron chi connectivity index (χ1n) is 7.62. The SMILES string of the molecule is C[C@@H]1CCN(CCS(C)(=O)=O)CCN1Cc1ccccc1. The summed E-state index contributed by atoms with van der Waals surface area (Å²) in [7, 11) is -2.87. The molecule has 118 valence electrons. The minimum Gasteiger partial charge on any atom is -0.301 e.